The van der Waals surface area contributed by atoms with Crippen LogP contribution in [0, 0.1) is 6.92 Å². The number of fused-ring (bicyclic) bond motifs is 2. The van der Waals surface area contributed by atoms with Gasteiger partial charge in [0, 0.05) is 37.3 Å². The maximum Gasteiger partial charge on any atom is 0.197 e. The predicted molar refractivity (Wildman–Crippen MR) is 91.7 cm³/mol. The van der Waals surface area contributed by atoms with Crippen LogP contribution in [-0.4, -0.2) is 41.5 Å². The van der Waals surface area contributed by atoms with Gasteiger partial charge in [-0.15, -0.1) is 0 Å². The molecule has 0 N–H and O–H groups in total. The van der Waals surface area contributed by atoms with Crippen molar-refractivity contribution in [3.05, 3.63) is 45.8 Å². The van der Waals surface area contributed by atoms with E-state index in [2.05, 4.69) is 16.7 Å². The first kappa shape index (κ1) is 14.9. The second-order valence-corrected chi connectivity index (χ2v) is 7.16. The zero-order valence-electron chi connectivity index (χ0n) is 13.9. The van der Waals surface area contributed by atoms with E-state index in [1.165, 1.54) is 19.4 Å². The monoisotopic (exact) mass is 312 g/mol. The minimum absolute atomic E-state index is 0.121. The van der Waals surface area contributed by atoms with Gasteiger partial charge in [-0.05, 0) is 45.4 Å². The van der Waals surface area contributed by atoms with Crippen molar-refractivity contribution in [2.75, 3.05) is 19.6 Å². The standard InChI is InChI=1S/C19H24N2O2/c1-13-5-6-18-17(8-13)19(22)15(12-23-18)10-21-11-16-4-3-7-20(16)9-14(21)2/h5-6,8,12,14,16H,3-4,7,9-11H2,1-2H3/t14-,16-/m1/s1. The van der Waals surface area contributed by atoms with Crippen molar-refractivity contribution in [3.8, 4) is 0 Å². The van der Waals surface area contributed by atoms with E-state index in [4.69, 9.17) is 4.42 Å². The number of piperazine rings is 1. The van der Waals surface area contributed by atoms with Crippen LogP contribution in [-0.2, 0) is 6.54 Å². The zero-order chi connectivity index (χ0) is 16.0. The van der Waals surface area contributed by atoms with Crippen molar-refractivity contribution in [2.45, 2.75) is 45.3 Å². The second kappa shape index (κ2) is 5.77. The summed E-state index contributed by atoms with van der Waals surface area (Å²) >= 11 is 0. The van der Waals surface area contributed by atoms with Crippen molar-refractivity contribution in [1.29, 1.82) is 0 Å². The van der Waals surface area contributed by atoms with Gasteiger partial charge in [0.1, 0.15) is 5.58 Å². The number of aryl methyl sites for hydroxylation is 1. The maximum atomic E-state index is 12.8. The largest absolute Gasteiger partial charge is 0.464 e. The Morgan fingerprint density at radius 2 is 2.17 bits per heavy atom. The summed E-state index contributed by atoms with van der Waals surface area (Å²) in [7, 11) is 0. The Bertz CT molecular complexity index is 783. The molecule has 2 aliphatic rings. The Hall–Kier alpha value is -1.65. The van der Waals surface area contributed by atoms with Gasteiger partial charge in [0.25, 0.3) is 0 Å². The fourth-order valence-corrected chi connectivity index (χ4v) is 4.08. The van der Waals surface area contributed by atoms with Crippen LogP contribution in [0.4, 0.5) is 0 Å². The van der Waals surface area contributed by atoms with Crippen LogP contribution in [0.1, 0.15) is 30.9 Å². The van der Waals surface area contributed by atoms with Gasteiger partial charge in [-0.2, -0.15) is 0 Å². The van der Waals surface area contributed by atoms with Crippen LogP contribution in [0.25, 0.3) is 11.0 Å². The Morgan fingerprint density at radius 1 is 1.30 bits per heavy atom. The summed E-state index contributed by atoms with van der Waals surface area (Å²) in [5.41, 5.74) is 2.67. The van der Waals surface area contributed by atoms with Crippen LogP contribution < -0.4 is 5.43 Å². The van der Waals surface area contributed by atoms with E-state index in [0.717, 1.165) is 24.2 Å². The number of hydrogen-bond donors (Lipinski definition) is 0. The van der Waals surface area contributed by atoms with E-state index < -0.39 is 0 Å². The molecule has 0 bridgehead atoms. The molecule has 0 aliphatic carbocycles. The normalized spacial score (nSPS) is 25.8. The molecule has 23 heavy (non-hydrogen) atoms. The first-order chi connectivity index (χ1) is 11.1. The molecule has 0 spiro atoms. The number of nitrogens with zero attached hydrogens (tertiary/aromatic N) is 2. The first-order valence-electron chi connectivity index (χ1n) is 8.61. The van der Waals surface area contributed by atoms with Gasteiger partial charge < -0.3 is 4.42 Å². The first-order valence-corrected chi connectivity index (χ1v) is 8.61. The highest BCUT2D eigenvalue weighted by Crippen LogP contribution is 2.25. The van der Waals surface area contributed by atoms with E-state index >= 15 is 0 Å². The predicted octanol–water partition coefficient (Wildman–Crippen LogP) is 2.77. The molecule has 122 valence electrons. The number of hydrogen-bond acceptors (Lipinski definition) is 4. The molecule has 4 nitrogen and oxygen atoms in total. The minimum Gasteiger partial charge on any atom is -0.464 e. The molecule has 0 saturated carbocycles. The van der Waals surface area contributed by atoms with Crippen molar-refractivity contribution in [2.24, 2.45) is 0 Å². The van der Waals surface area contributed by atoms with Gasteiger partial charge in [0.05, 0.1) is 11.6 Å². The number of benzene rings is 1. The SMILES string of the molecule is Cc1ccc2occ(CN3C[C@H]4CCCN4C[C@H]3C)c(=O)c2c1. The molecule has 4 rings (SSSR count). The molecule has 0 radical (unpaired) electrons. The molecule has 2 aliphatic heterocycles. The lowest BCUT2D eigenvalue weighted by Crippen LogP contribution is -2.54. The Morgan fingerprint density at radius 3 is 3.04 bits per heavy atom. The van der Waals surface area contributed by atoms with Gasteiger partial charge in [-0.25, -0.2) is 0 Å². The van der Waals surface area contributed by atoms with Gasteiger partial charge in [0.15, 0.2) is 5.43 Å². The maximum absolute atomic E-state index is 12.8. The molecular formula is C19H24N2O2. The Labute approximate surface area is 136 Å². The van der Waals surface area contributed by atoms with Crippen molar-refractivity contribution < 1.29 is 4.42 Å². The Kier molecular flexibility index (Phi) is 3.74. The average molecular weight is 312 g/mol. The van der Waals surface area contributed by atoms with Gasteiger partial charge in [-0.3, -0.25) is 14.6 Å². The van der Waals surface area contributed by atoms with Gasteiger partial charge in [0.2, 0.25) is 0 Å². The van der Waals surface area contributed by atoms with Crippen LogP contribution >= 0.6 is 0 Å². The van der Waals surface area contributed by atoms with E-state index in [1.54, 1.807) is 6.26 Å². The molecule has 4 heteroatoms. The summed E-state index contributed by atoms with van der Waals surface area (Å²) in [5.74, 6) is 0. The van der Waals surface area contributed by atoms with Crippen molar-refractivity contribution in [3.63, 3.8) is 0 Å². The van der Waals surface area contributed by atoms with E-state index in [1.807, 2.05) is 25.1 Å². The van der Waals surface area contributed by atoms with Crippen LogP contribution in [0.15, 0.2) is 33.7 Å². The lowest BCUT2D eigenvalue weighted by Gasteiger charge is -2.42. The summed E-state index contributed by atoms with van der Waals surface area (Å²) in [6.45, 7) is 8.38. The zero-order valence-corrected chi connectivity index (χ0v) is 13.9. The molecule has 2 aromatic rings. The summed E-state index contributed by atoms with van der Waals surface area (Å²) in [4.78, 5) is 17.8. The molecular weight excluding hydrogens is 288 g/mol. The number of rotatable bonds is 2. The summed E-state index contributed by atoms with van der Waals surface area (Å²) in [6, 6.07) is 6.95. The average Bonchev–Trinajstić information content (AvgIpc) is 2.98. The molecule has 0 unspecified atom stereocenters. The van der Waals surface area contributed by atoms with E-state index in [9.17, 15) is 4.79 Å². The van der Waals surface area contributed by atoms with Gasteiger partial charge in [-0.1, -0.05) is 11.6 Å². The van der Waals surface area contributed by atoms with Crippen LogP contribution in [0.2, 0.25) is 0 Å². The highest BCUT2D eigenvalue weighted by atomic mass is 16.3. The molecule has 1 aromatic heterocycles. The molecule has 3 heterocycles. The smallest absolute Gasteiger partial charge is 0.197 e. The third kappa shape index (κ3) is 2.70. The lowest BCUT2D eigenvalue weighted by atomic mass is 10.1. The molecule has 2 saturated heterocycles. The van der Waals surface area contributed by atoms with E-state index in [-0.39, 0.29) is 5.43 Å². The summed E-state index contributed by atoms with van der Waals surface area (Å²) in [5, 5.41) is 0.703. The topological polar surface area (TPSA) is 36.7 Å². The fraction of sp³-hybridized carbons (Fsp3) is 0.526. The van der Waals surface area contributed by atoms with Gasteiger partial charge >= 0.3 is 0 Å². The van der Waals surface area contributed by atoms with E-state index in [0.29, 0.717) is 29.6 Å². The third-order valence-corrected chi connectivity index (χ3v) is 5.44. The molecule has 2 fully saturated rings. The van der Waals surface area contributed by atoms with Crippen LogP contribution in [0.5, 0.6) is 0 Å². The Balaban J connectivity index is 1.62. The minimum atomic E-state index is 0.121. The molecule has 0 amide bonds. The highest BCUT2D eigenvalue weighted by molar-refractivity contribution is 5.77. The second-order valence-electron chi connectivity index (χ2n) is 7.16. The van der Waals surface area contributed by atoms with Crippen molar-refractivity contribution >= 4 is 11.0 Å². The van der Waals surface area contributed by atoms with Crippen molar-refractivity contribution in [1.82, 2.24) is 9.80 Å². The quantitative estimate of drug-likeness (QED) is 0.854. The van der Waals surface area contributed by atoms with Crippen LogP contribution in [0.3, 0.4) is 0 Å². The summed E-state index contributed by atoms with van der Waals surface area (Å²) < 4.78 is 5.70. The summed E-state index contributed by atoms with van der Waals surface area (Å²) in [6.07, 6.45) is 4.26. The lowest BCUT2D eigenvalue weighted by molar-refractivity contribution is 0.0535. The highest BCUT2D eigenvalue weighted by Gasteiger charge is 2.34. The molecule has 1 aromatic carbocycles. The molecule has 2 atom stereocenters. The third-order valence-electron chi connectivity index (χ3n) is 5.44. The fourth-order valence-electron chi connectivity index (χ4n) is 4.08.